The number of nitrogen functional groups attached to an aromatic ring is 1. The van der Waals surface area contributed by atoms with Crippen LogP contribution in [0.15, 0.2) is 6.07 Å². The zero-order chi connectivity index (χ0) is 17.1. The van der Waals surface area contributed by atoms with E-state index < -0.39 is 0 Å². The average Bonchev–Trinajstić information content (AvgIpc) is 3.32. The van der Waals surface area contributed by atoms with E-state index in [4.69, 9.17) is 5.73 Å². The van der Waals surface area contributed by atoms with Crippen molar-refractivity contribution in [2.45, 2.75) is 45.2 Å². The van der Waals surface area contributed by atoms with Crippen molar-refractivity contribution in [3.63, 3.8) is 0 Å². The van der Waals surface area contributed by atoms with Gasteiger partial charge in [0, 0.05) is 50.9 Å². The third kappa shape index (κ3) is 4.48. The van der Waals surface area contributed by atoms with Crippen molar-refractivity contribution in [3.8, 4) is 0 Å². The van der Waals surface area contributed by atoms with E-state index in [-0.39, 0.29) is 6.61 Å². The maximum atomic E-state index is 9.42. The van der Waals surface area contributed by atoms with Gasteiger partial charge in [0.2, 0.25) is 5.95 Å². The van der Waals surface area contributed by atoms with E-state index in [2.05, 4.69) is 38.9 Å². The van der Waals surface area contributed by atoms with Crippen molar-refractivity contribution in [3.05, 3.63) is 6.07 Å². The number of anilines is 3. The van der Waals surface area contributed by atoms with Crippen molar-refractivity contribution in [1.82, 2.24) is 14.9 Å². The SMILES string of the molecule is CC(C)CN1CCN(c2cc(NC3CC3)nc(N)n2)C[C@@H]1CCO. The highest BCUT2D eigenvalue weighted by molar-refractivity contribution is 5.53. The molecule has 0 radical (unpaired) electrons. The van der Waals surface area contributed by atoms with Crippen LogP contribution in [0.5, 0.6) is 0 Å². The Hall–Kier alpha value is -1.60. The van der Waals surface area contributed by atoms with E-state index in [9.17, 15) is 5.11 Å². The van der Waals surface area contributed by atoms with Crippen LogP contribution in [0, 0.1) is 5.92 Å². The molecule has 1 saturated heterocycles. The van der Waals surface area contributed by atoms with Crippen LogP contribution in [0.3, 0.4) is 0 Å². The minimum atomic E-state index is 0.216. The highest BCUT2D eigenvalue weighted by Gasteiger charge is 2.28. The highest BCUT2D eigenvalue weighted by Crippen LogP contribution is 2.27. The number of nitrogens with two attached hydrogens (primary N) is 1. The van der Waals surface area contributed by atoms with Gasteiger partial charge in [0.15, 0.2) is 0 Å². The molecular formula is C17H30N6O. The lowest BCUT2D eigenvalue weighted by atomic mass is 10.1. The van der Waals surface area contributed by atoms with Gasteiger partial charge in [-0.3, -0.25) is 4.90 Å². The minimum Gasteiger partial charge on any atom is -0.396 e. The van der Waals surface area contributed by atoms with Gasteiger partial charge in [-0.15, -0.1) is 0 Å². The molecule has 3 rings (SSSR count). The second-order valence-electron chi connectivity index (χ2n) is 7.39. The summed E-state index contributed by atoms with van der Waals surface area (Å²) in [4.78, 5) is 13.5. The van der Waals surface area contributed by atoms with Crippen LogP contribution in [0.1, 0.15) is 33.1 Å². The lowest BCUT2D eigenvalue weighted by molar-refractivity contribution is 0.128. The molecule has 1 aliphatic carbocycles. The standard InChI is InChI=1S/C17H30N6O/c1-12(2)10-22-6-7-23(11-14(22)5-8-24)16-9-15(19-13-3-4-13)20-17(18)21-16/h9,12-14,24H,3-8,10-11H2,1-2H3,(H3,18,19,20,21)/t14-/m0/s1. The summed E-state index contributed by atoms with van der Waals surface area (Å²) < 4.78 is 0. The number of aliphatic hydroxyl groups is 1. The Labute approximate surface area is 144 Å². The van der Waals surface area contributed by atoms with Crippen molar-refractivity contribution < 1.29 is 5.11 Å². The molecule has 7 heteroatoms. The zero-order valence-corrected chi connectivity index (χ0v) is 14.8. The number of rotatable bonds is 7. The molecule has 2 fully saturated rings. The summed E-state index contributed by atoms with van der Waals surface area (Å²) in [5.41, 5.74) is 5.91. The van der Waals surface area contributed by atoms with Crippen molar-refractivity contribution in [1.29, 1.82) is 0 Å². The second kappa shape index (κ2) is 7.53. The predicted molar refractivity (Wildman–Crippen MR) is 97.2 cm³/mol. The number of aromatic nitrogens is 2. The van der Waals surface area contributed by atoms with Gasteiger partial charge >= 0.3 is 0 Å². The summed E-state index contributed by atoms with van der Waals surface area (Å²) in [7, 11) is 0. The molecule has 1 aliphatic heterocycles. The summed E-state index contributed by atoms with van der Waals surface area (Å²) in [6.07, 6.45) is 3.19. The van der Waals surface area contributed by atoms with Crippen LogP contribution in [-0.2, 0) is 0 Å². The van der Waals surface area contributed by atoms with Gasteiger partial charge in [-0.1, -0.05) is 13.8 Å². The van der Waals surface area contributed by atoms with Gasteiger partial charge in [-0.05, 0) is 25.2 Å². The first kappa shape index (κ1) is 17.2. The number of aliphatic hydroxyl groups excluding tert-OH is 1. The lowest BCUT2D eigenvalue weighted by Crippen LogP contribution is -2.54. The molecule has 0 amide bonds. The molecule has 2 heterocycles. The van der Waals surface area contributed by atoms with E-state index in [0.717, 1.165) is 44.2 Å². The normalized spacial score (nSPS) is 22.2. The van der Waals surface area contributed by atoms with Crippen LogP contribution in [0.4, 0.5) is 17.6 Å². The van der Waals surface area contributed by atoms with Crippen LogP contribution in [-0.4, -0.2) is 64.8 Å². The molecule has 7 nitrogen and oxygen atoms in total. The molecule has 4 N–H and O–H groups in total. The second-order valence-corrected chi connectivity index (χ2v) is 7.39. The first-order valence-corrected chi connectivity index (χ1v) is 9.06. The lowest BCUT2D eigenvalue weighted by Gasteiger charge is -2.42. The topological polar surface area (TPSA) is 90.5 Å². The molecule has 1 atom stereocenters. The average molecular weight is 334 g/mol. The fourth-order valence-electron chi connectivity index (χ4n) is 3.36. The summed E-state index contributed by atoms with van der Waals surface area (Å²) in [6.45, 7) is 8.54. The molecule has 0 unspecified atom stereocenters. The summed E-state index contributed by atoms with van der Waals surface area (Å²) in [5.74, 6) is 2.65. The molecular weight excluding hydrogens is 304 g/mol. The Balaban J connectivity index is 1.71. The Morgan fingerprint density at radius 1 is 1.33 bits per heavy atom. The molecule has 1 aromatic rings. The third-order valence-electron chi connectivity index (χ3n) is 4.65. The Bertz CT molecular complexity index is 548. The van der Waals surface area contributed by atoms with Crippen LogP contribution >= 0.6 is 0 Å². The van der Waals surface area contributed by atoms with Gasteiger partial charge in [-0.2, -0.15) is 9.97 Å². The Kier molecular flexibility index (Phi) is 5.40. The molecule has 1 aromatic heterocycles. The van der Waals surface area contributed by atoms with E-state index in [1.165, 1.54) is 12.8 Å². The minimum absolute atomic E-state index is 0.216. The van der Waals surface area contributed by atoms with E-state index >= 15 is 0 Å². The number of nitrogens with one attached hydrogen (secondary N) is 1. The van der Waals surface area contributed by atoms with Crippen molar-refractivity contribution in [2.75, 3.05) is 48.7 Å². The quantitative estimate of drug-likeness (QED) is 0.689. The fraction of sp³-hybridized carbons (Fsp3) is 0.765. The summed E-state index contributed by atoms with van der Waals surface area (Å²) in [6, 6.07) is 2.89. The van der Waals surface area contributed by atoms with Gasteiger partial charge in [0.05, 0.1) is 0 Å². The van der Waals surface area contributed by atoms with Crippen LogP contribution in [0.2, 0.25) is 0 Å². The predicted octanol–water partition coefficient (Wildman–Crippen LogP) is 1.16. The largest absolute Gasteiger partial charge is 0.396 e. The van der Waals surface area contributed by atoms with Gasteiger partial charge < -0.3 is 21.1 Å². The smallest absolute Gasteiger partial charge is 0.223 e. The van der Waals surface area contributed by atoms with Gasteiger partial charge in [0.25, 0.3) is 0 Å². The van der Waals surface area contributed by atoms with E-state index in [0.29, 0.717) is 23.9 Å². The Morgan fingerprint density at radius 3 is 2.79 bits per heavy atom. The molecule has 2 aliphatic rings. The third-order valence-corrected chi connectivity index (χ3v) is 4.65. The maximum Gasteiger partial charge on any atom is 0.223 e. The Morgan fingerprint density at radius 2 is 2.12 bits per heavy atom. The zero-order valence-electron chi connectivity index (χ0n) is 14.8. The molecule has 0 spiro atoms. The number of piperazine rings is 1. The number of hydrogen-bond acceptors (Lipinski definition) is 7. The monoisotopic (exact) mass is 334 g/mol. The molecule has 0 aromatic carbocycles. The number of nitrogens with zero attached hydrogens (tertiary/aromatic N) is 4. The molecule has 134 valence electrons. The van der Waals surface area contributed by atoms with Gasteiger partial charge in [0.1, 0.15) is 11.6 Å². The van der Waals surface area contributed by atoms with Crippen molar-refractivity contribution >= 4 is 17.6 Å². The highest BCUT2D eigenvalue weighted by atomic mass is 16.3. The summed E-state index contributed by atoms with van der Waals surface area (Å²) in [5, 5.41) is 12.8. The van der Waals surface area contributed by atoms with E-state index in [1.807, 2.05) is 6.07 Å². The molecule has 1 saturated carbocycles. The van der Waals surface area contributed by atoms with Crippen LogP contribution < -0.4 is 16.0 Å². The maximum absolute atomic E-state index is 9.42. The van der Waals surface area contributed by atoms with E-state index in [1.54, 1.807) is 0 Å². The first-order valence-electron chi connectivity index (χ1n) is 9.06. The molecule has 0 bridgehead atoms. The first-order chi connectivity index (χ1) is 11.5. The summed E-state index contributed by atoms with van der Waals surface area (Å²) >= 11 is 0. The fourth-order valence-corrected chi connectivity index (χ4v) is 3.36. The van der Waals surface area contributed by atoms with Crippen molar-refractivity contribution in [2.24, 2.45) is 5.92 Å². The number of hydrogen-bond donors (Lipinski definition) is 3. The van der Waals surface area contributed by atoms with Crippen LogP contribution in [0.25, 0.3) is 0 Å². The van der Waals surface area contributed by atoms with Gasteiger partial charge in [-0.25, -0.2) is 0 Å². The molecule has 24 heavy (non-hydrogen) atoms.